The number of aromatic nitrogens is 2. The molecule has 28 heavy (non-hydrogen) atoms. The Morgan fingerprint density at radius 1 is 1.00 bits per heavy atom. The summed E-state index contributed by atoms with van der Waals surface area (Å²) in [5.74, 6) is 0.232. The number of hydrogen-bond donors (Lipinski definition) is 1. The topological polar surface area (TPSA) is 56.3 Å². The molecule has 0 radical (unpaired) electrons. The first-order valence-corrected chi connectivity index (χ1v) is 9.51. The largest absolute Gasteiger partial charge is 0.494 e. The molecule has 0 saturated carbocycles. The van der Waals surface area contributed by atoms with Crippen LogP contribution in [0, 0.1) is 0 Å². The fourth-order valence-electron chi connectivity index (χ4n) is 2.44. The third-order valence-electron chi connectivity index (χ3n) is 3.86. The maximum absolute atomic E-state index is 13.2. The first-order chi connectivity index (χ1) is 13.4. The quantitative estimate of drug-likeness (QED) is 0.472. The van der Waals surface area contributed by atoms with Gasteiger partial charge in [0.1, 0.15) is 11.3 Å². The lowest BCUT2D eigenvalue weighted by molar-refractivity contribution is -0.139. The van der Waals surface area contributed by atoms with Gasteiger partial charge in [0.25, 0.3) is 0 Å². The minimum absolute atomic E-state index is 0.0317. The van der Waals surface area contributed by atoms with Gasteiger partial charge in [-0.25, -0.2) is 4.98 Å². The van der Waals surface area contributed by atoms with E-state index >= 15 is 0 Å². The van der Waals surface area contributed by atoms with Crippen LogP contribution < -0.4 is 14.8 Å². The summed E-state index contributed by atoms with van der Waals surface area (Å²) in [6, 6.07) is 7.08. The van der Waals surface area contributed by atoms with Gasteiger partial charge >= 0.3 is 6.18 Å². The Morgan fingerprint density at radius 2 is 1.82 bits per heavy atom. The fraction of sp³-hybridized carbons (Fsp3) is 0.500. The molecule has 0 bridgehead atoms. The number of rotatable bonds is 11. The molecule has 1 aromatic heterocycles. The predicted molar refractivity (Wildman–Crippen MR) is 102 cm³/mol. The number of nitrogens with zero attached hydrogens (tertiary/aromatic N) is 2. The number of ether oxygens (including phenoxy) is 2. The molecule has 0 spiro atoms. The normalized spacial score (nSPS) is 11.3. The number of nitrogens with one attached hydrogen (secondary N) is 1. The van der Waals surface area contributed by atoms with Gasteiger partial charge in [-0.2, -0.15) is 18.2 Å². The molecule has 0 aliphatic heterocycles. The maximum atomic E-state index is 13.2. The molecular weight excluding hydrogens is 371 g/mol. The zero-order valence-electron chi connectivity index (χ0n) is 16.2. The van der Waals surface area contributed by atoms with Gasteiger partial charge in [-0.05, 0) is 25.0 Å². The van der Waals surface area contributed by atoms with Gasteiger partial charge < -0.3 is 14.8 Å². The number of alkyl halides is 3. The van der Waals surface area contributed by atoms with Gasteiger partial charge in [0.2, 0.25) is 11.8 Å². The summed E-state index contributed by atoms with van der Waals surface area (Å²) in [6.45, 7) is 4.82. The fourth-order valence-corrected chi connectivity index (χ4v) is 2.44. The van der Waals surface area contributed by atoms with E-state index in [-0.39, 0.29) is 12.6 Å². The van der Waals surface area contributed by atoms with Crippen LogP contribution in [0.1, 0.15) is 51.5 Å². The Kier molecular flexibility index (Phi) is 8.35. The molecule has 5 nitrogen and oxygen atoms in total. The highest BCUT2D eigenvalue weighted by molar-refractivity contribution is 5.56. The maximum Gasteiger partial charge on any atom is 0.423 e. The summed E-state index contributed by atoms with van der Waals surface area (Å²) < 4.78 is 50.5. The first-order valence-electron chi connectivity index (χ1n) is 9.51. The van der Waals surface area contributed by atoms with E-state index in [1.807, 2.05) is 6.92 Å². The number of benzene rings is 1. The zero-order chi connectivity index (χ0) is 20.4. The Bertz CT molecular complexity index is 739. The molecule has 2 aromatic rings. The number of halogens is 3. The minimum atomic E-state index is -4.58. The second kappa shape index (κ2) is 10.7. The van der Waals surface area contributed by atoms with Crippen LogP contribution in [0.5, 0.6) is 11.6 Å². The molecule has 0 amide bonds. The summed E-state index contributed by atoms with van der Waals surface area (Å²) in [5, 5.41) is 2.90. The predicted octanol–water partition coefficient (Wildman–Crippen LogP) is 5.99. The van der Waals surface area contributed by atoms with Crippen LogP contribution in [0.15, 0.2) is 30.5 Å². The first kappa shape index (κ1) is 21.8. The van der Waals surface area contributed by atoms with E-state index in [0.717, 1.165) is 31.9 Å². The van der Waals surface area contributed by atoms with Crippen molar-refractivity contribution in [2.24, 2.45) is 0 Å². The molecule has 0 saturated heterocycles. The Labute approximate surface area is 163 Å². The van der Waals surface area contributed by atoms with Crippen molar-refractivity contribution in [3.8, 4) is 11.6 Å². The van der Waals surface area contributed by atoms with Gasteiger partial charge in [0.15, 0.2) is 0 Å². The Hall–Kier alpha value is -2.51. The van der Waals surface area contributed by atoms with Gasteiger partial charge in [0, 0.05) is 18.0 Å². The van der Waals surface area contributed by atoms with Crippen molar-refractivity contribution in [1.82, 2.24) is 9.97 Å². The molecule has 8 heteroatoms. The van der Waals surface area contributed by atoms with E-state index in [0.29, 0.717) is 24.5 Å². The number of unbranched alkanes of at least 4 members (excludes halogenated alkanes) is 3. The van der Waals surface area contributed by atoms with Crippen molar-refractivity contribution in [3.63, 3.8) is 0 Å². The van der Waals surface area contributed by atoms with Crippen LogP contribution in [0.4, 0.5) is 24.8 Å². The molecule has 0 unspecified atom stereocenters. The second-order valence-corrected chi connectivity index (χ2v) is 6.32. The van der Waals surface area contributed by atoms with Crippen molar-refractivity contribution in [3.05, 3.63) is 36.0 Å². The lowest BCUT2D eigenvalue weighted by Crippen LogP contribution is -2.13. The lowest BCUT2D eigenvalue weighted by Gasteiger charge is -2.14. The summed E-state index contributed by atoms with van der Waals surface area (Å²) in [6.07, 6.45) is 0.671. The van der Waals surface area contributed by atoms with Crippen LogP contribution in [-0.2, 0) is 6.18 Å². The van der Waals surface area contributed by atoms with Crippen molar-refractivity contribution < 1.29 is 22.6 Å². The third kappa shape index (κ3) is 6.90. The summed E-state index contributed by atoms with van der Waals surface area (Å²) in [5.41, 5.74) is -0.365. The number of anilines is 2. The average molecular weight is 397 g/mol. The van der Waals surface area contributed by atoms with Crippen LogP contribution in [0.3, 0.4) is 0 Å². The highest BCUT2D eigenvalue weighted by atomic mass is 19.4. The van der Waals surface area contributed by atoms with Crippen molar-refractivity contribution >= 4 is 11.6 Å². The van der Waals surface area contributed by atoms with Crippen molar-refractivity contribution in [2.75, 3.05) is 18.5 Å². The van der Waals surface area contributed by atoms with Gasteiger partial charge in [-0.3, -0.25) is 0 Å². The molecule has 0 fully saturated rings. The molecule has 154 valence electrons. The number of hydrogen-bond acceptors (Lipinski definition) is 5. The molecule has 0 aliphatic carbocycles. The van der Waals surface area contributed by atoms with E-state index < -0.39 is 17.6 Å². The molecular formula is C20H26F3N3O2. The molecule has 1 N–H and O–H groups in total. The lowest BCUT2D eigenvalue weighted by atomic mass is 10.2. The second-order valence-electron chi connectivity index (χ2n) is 6.32. The van der Waals surface area contributed by atoms with Gasteiger partial charge in [-0.1, -0.05) is 39.2 Å². The summed E-state index contributed by atoms with van der Waals surface area (Å²) in [7, 11) is 0. The van der Waals surface area contributed by atoms with Crippen molar-refractivity contribution in [2.45, 2.75) is 52.1 Å². The van der Waals surface area contributed by atoms with E-state index in [1.54, 1.807) is 24.3 Å². The molecule has 0 atom stereocenters. The highest BCUT2D eigenvalue weighted by Gasteiger charge is 2.36. The molecule has 1 aromatic carbocycles. The Balaban J connectivity index is 2.13. The van der Waals surface area contributed by atoms with E-state index in [9.17, 15) is 13.2 Å². The monoisotopic (exact) mass is 397 g/mol. The van der Waals surface area contributed by atoms with Crippen LogP contribution in [0.2, 0.25) is 0 Å². The minimum Gasteiger partial charge on any atom is -0.494 e. The van der Waals surface area contributed by atoms with E-state index in [4.69, 9.17) is 9.47 Å². The van der Waals surface area contributed by atoms with Crippen LogP contribution >= 0.6 is 0 Å². The van der Waals surface area contributed by atoms with Crippen LogP contribution in [0.25, 0.3) is 0 Å². The van der Waals surface area contributed by atoms with E-state index in [1.165, 1.54) is 0 Å². The molecule has 2 rings (SSSR count). The van der Waals surface area contributed by atoms with Gasteiger partial charge in [-0.15, -0.1) is 0 Å². The molecule has 0 aliphatic rings. The highest BCUT2D eigenvalue weighted by Crippen LogP contribution is 2.35. The SMILES string of the molecule is CCCCCCOc1nc(Nc2cccc(OCCC)c2)ncc1C(F)(F)F. The summed E-state index contributed by atoms with van der Waals surface area (Å²) >= 11 is 0. The van der Waals surface area contributed by atoms with Crippen molar-refractivity contribution in [1.29, 1.82) is 0 Å². The summed E-state index contributed by atoms with van der Waals surface area (Å²) in [4.78, 5) is 7.73. The standard InChI is InChI=1S/C20H26F3N3O2/c1-3-5-6-7-12-28-18-17(20(21,22)23)14-24-19(26-18)25-15-9-8-10-16(13-15)27-11-4-2/h8-10,13-14H,3-7,11-12H2,1-2H3,(H,24,25,26). The van der Waals surface area contributed by atoms with Crippen LogP contribution in [-0.4, -0.2) is 23.2 Å². The Morgan fingerprint density at radius 3 is 2.54 bits per heavy atom. The zero-order valence-corrected chi connectivity index (χ0v) is 16.2. The molecule has 1 heterocycles. The smallest absolute Gasteiger partial charge is 0.423 e. The van der Waals surface area contributed by atoms with Gasteiger partial charge in [0.05, 0.1) is 13.2 Å². The van der Waals surface area contributed by atoms with E-state index in [2.05, 4.69) is 22.2 Å². The average Bonchev–Trinajstić information content (AvgIpc) is 2.66. The third-order valence-corrected chi connectivity index (χ3v) is 3.86.